The Kier molecular flexibility index (Phi) is 5.53. The number of amides is 1. The maximum absolute atomic E-state index is 12.3. The van der Waals surface area contributed by atoms with E-state index in [1.165, 1.54) is 0 Å². The fourth-order valence-corrected chi connectivity index (χ4v) is 2.33. The Morgan fingerprint density at radius 3 is 2.94 bits per heavy atom. The van der Waals surface area contributed by atoms with Crippen LogP contribution in [0.5, 0.6) is 0 Å². The molecule has 1 N–H and O–H groups in total. The molecule has 3 heteroatoms. The minimum Gasteiger partial charge on any atom is -0.339 e. The molecule has 0 aliphatic carbocycles. The molecule has 0 aromatic rings. The Morgan fingerprint density at radius 2 is 2.38 bits per heavy atom. The third kappa shape index (κ3) is 3.63. The second-order valence-corrected chi connectivity index (χ2v) is 4.65. The number of nitrogens with zero attached hydrogens (tertiary/aromatic N) is 1. The first-order valence-corrected chi connectivity index (χ1v) is 6.32. The molecule has 1 fully saturated rings. The lowest BCUT2D eigenvalue weighted by atomic mass is 9.92. The molecule has 0 radical (unpaired) electrons. The van der Waals surface area contributed by atoms with Gasteiger partial charge >= 0.3 is 0 Å². The SMILES string of the molecule is C=CCN(CCC)C(=O)C1CCNC(C)C1. The molecular formula is C13H24N2O. The van der Waals surface area contributed by atoms with E-state index < -0.39 is 0 Å². The second-order valence-electron chi connectivity index (χ2n) is 4.65. The number of carbonyl (C=O) groups is 1. The Hall–Kier alpha value is -0.830. The lowest BCUT2D eigenvalue weighted by Gasteiger charge is -2.31. The number of carbonyl (C=O) groups excluding carboxylic acids is 1. The summed E-state index contributed by atoms with van der Waals surface area (Å²) in [5, 5.41) is 3.38. The molecular weight excluding hydrogens is 200 g/mol. The maximum Gasteiger partial charge on any atom is 0.226 e. The number of hydrogen-bond acceptors (Lipinski definition) is 2. The minimum atomic E-state index is 0.211. The van der Waals surface area contributed by atoms with Crippen LogP contribution in [0.1, 0.15) is 33.1 Å². The molecule has 2 unspecified atom stereocenters. The van der Waals surface area contributed by atoms with Crippen molar-refractivity contribution >= 4 is 5.91 Å². The Morgan fingerprint density at radius 1 is 1.62 bits per heavy atom. The van der Waals surface area contributed by atoms with Crippen molar-refractivity contribution in [2.75, 3.05) is 19.6 Å². The van der Waals surface area contributed by atoms with Crippen LogP contribution in [0.3, 0.4) is 0 Å². The minimum absolute atomic E-state index is 0.211. The van der Waals surface area contributed by atoms with Crippen LogP contribution in [-0.2, 0) is 4.79 Å². The van der Waals surface area contributed by atoms with Crippen LogP contribution in [0.15, 0.2) is 12.7 Å². The van der Waals surface area contributed by atoms with E-state index in [1.54, 1.807) is 0 Å². The lowest BCUT2D eigenvalue weighted by molar-refractivity contribution is -0.136. The second kappa shape index (κ2) is 6.69. The highest BCUT2D eigenvalue weighted by Gasteiger charge is 2.27. The average molecular weight is 224 g/mol. The molecule has 3 nitrogen and oxygen atoms in total. The van der Waals surface area contributed by atoms with E-state index in [1.807, 2.05) is 11.0 Å². The van der Waals surface area contributed by atoms with Crippen molar-refractivity contribution in [3.05, 3.63) is 12.7 Å². The molecule has 0 bridgehead atoms. The van der Waals surface area contributed by atoms with Crippen LogP contribution in [0.2, 0.25) is 0 Å². The van der Waals surface area contributed by atoms with Crippen molar-refractivity contribution in [2.24, 2.45) is 5.92 Å². The van der Waals surface area contributed by atoms with Crippen molar-refractivity contribution in [3.8, 4) is 0 Å². The number of hydrogen-bond donors (Lipinski definition) is 1. The van der Waals surface area contributed by atoms with Crippen LogP contribution < -0.4 is 5.32 Å². The highest BCUT2D eigenvalue weighted by atomic mass is 16.2. The molecule has 0 spiro atoms. The molecule has 1 aliphatic heterocycles. The van der Waals surface area contributed by atoms with Gasteiger partial charge in [-0.25, -0.2) is 0 Å². The van der Waals surface area contributed by atoms with Crippen LogP contribution in [0.4, 0.5) is 0 Å². The summed E-state index contributed by atoms with van der Waals surface area (Å²) in [7, 11) is 0. The largest absolute Gasteiger partial charge is 0.339 e. The highest BCUT2D eigenvalue weighted by molar-refractivity contribution is 5.79. The zero-order chi connectivity index (χ0) is 12.0. The molecule has 0 aromatic heterocycles. The van der Waals surface area contributed by atoms with E-state index in [0.717, 1.165) is 32.4 Å². The molecule has 0 aromatic carbocycles. The fraction of sp³-hybridized carbons (Fsp3) is 0.769. The van der Waals surface area contributed by atoms with Gasteiger partial charge in [0.1, 0.15) is 0 Å². The summed E-state index contributed by atoms with van der Waals surface area (Å²) in [6.07, 6.45) is 4.77. The predicted octanol–water partition coefficient (Wildman–Crippen LogP) is 1.80. The zero-order valence-electron chi connectivity index (χ0n) is 10.5. The first kappa shape index (κ1) is 13.2. The first-order valence-electron chi connectivity index (χ1n) is 6.32. The molecule has 92 valence electrons. The quantitative estimate of drug-likeness (QED) is 0.722. The topological polar surface area (TPSA) is 32.3 Å². The van der Waals surface area contributed by atoms with Gasteiger partial charge in [0.05, 0.1) is 0 Å². The monoisotopic (exact) mass is 224 g/mol. The summed E-state index contributed by atoms with van der Waals surface area (Å²) in [5.41, 5.74) is 0. The standard InChI is InChI=1S/C13H24N2O/c1-4-8-15(9-5-2)13(16)12-6-7-14-11(3)10-12/h4,11-12,14H,1,5-10H2,2-3H3. The van der Waals surface area contributed by atoms with Gasteiger partial charge in [-0.2, -0.15) is 0 Å². The third-order valence-corrected chi connectivity index (χ3v) is 3.13. The van der Waals surface area contributed by atoms with Gasteiger partial charge in [-0.15, -0.1) is 6.58 Å². The summed E-state index contributed by atoms with van der Waals surface area (Å²) in [5.74, 6) is 0.526. The van der Waals surface area contributed by atoms with Gasteiger partial charge in [0.2, 0.25) is 5.91 Å². The lowest BCUT2D eigenvalue weighted by Crippen LogP contribution is -2.44. The van der Waals surface area contributed by atoms with Gasteiger partial charge < -0.3 is 10.2 Å². The summed E-state index contributed by atoms with van der Waals surface area (Å²) in [6.45, 7) is 10.5. The summed E-state index contributed by atoms with van der Waals surface area (Å²) in [4.78, 5) is 14.2. The van der Waals surface area contributed by atoms with Crippen LogP contribution >= 0.6 is 0 Å². The van der Waals surface area contributed by atoms with Gasteiger partial charge in [0.25, 0.3) is 0 Å². The highest BCUT2D eigenvalue weighted by Crippen LogP contribution is 2.18. The molecule has 2 atom stereocenters. The average Bonchev–Trinajstić information content (AvgIpc) is 2.28. The van der Waals surface area contributed by atoms with Crippen LogP contribution in [-0.4, -0.2) is 36.5 Å². The van der Waals surface area contributed by atoms with Crippen LogP contribution in [0, 0.1) is 5.92 Å². The predicted molar refractivity (Wildman–Crippen MR) is 67.3 cm³/mol. The fourth-order valence-electron chi connectivity index (χ4n) is 2.33. The Balaban J connectivity index is 2.54. The maximum atomic E-state index is 12.3. The van der Waals surface area contributed by atoms with E-state index in [-0.39, 0.29) is 5.92 Å². The number of nitrogens with one attached hydrogen (secondary N) is 1. The van der Waals surface area contributed by atoms with Crippen LogP contribution in [0.25, 0.3) is 0 Å². The normalized spacial score (nSPS) is 25.1. The molecule has 1 heterocycles. The van der Waals surface area contributed by atoms with Crippen molar-refractivity contribution in [2.45, 2.75) is 39.2 Å². The first-order chi connectivity index (χ1) is 7.69. The van der Waals surface area contributed by atoms with E-state index in [0.29, 0.717) is 18.5 Å². The van der Waals surface area contributed by atoms with Crippen molar-refractivity contribution in [3.63, 3.8) is 0 Å². The summed E-state index contributed by atoms with van der Waals surface area (Å²) < 4.78 is 0. The Labute approximate surface area is 98.9 Å². The van der Waals surface area contributed by atoms with Crippen molar-refractivity contribution in [1.29, 1.82) is 0 Å². The Bertz CT molecular complexity index is 240. The van der Waals surface area contributed by atoms with E-state index in [9.17, 15) is 4.79 Å². The molecule has 1 saturated heterocycles. The van der Waals surface area contributed by atoms with Gasteiger partial charge in [0, 0.05) is 25.0 Å². The molecule has 0 saturated carbocycles. The molecule has 1 amide bonds. The van der Waals surface area contributed by atoms with Gasteiger partial charge in [0.15, 0.2) is 0 Å². The van der Waals surface area contributed by atoms with E-state index in [2.05, 4.69) is 25.7 Å². The number of piperidine rings is 1. The van der Waals surface area contributed by atoms with E-state index in [4.69, 9.17) is 0 Å². The number of rotatable bonds is 5. The third-order valence-electron chi connectivity index (χ3n) is 3.13. The van der Waals surface area contributed by atoms with Gasteiger partial charge in [-0.1, -0.05) is 13.0 Å². The molecule has 1 aliphatic rings. The summed E-state index contributed by atoms with van der Waals surface area (Å²) >= 11 is 0. The van der Waals surface area contributed by atoms with Crippen molar-refractivity contribution < 1.29 is 4.79 Å². The zero-order valence-corrected chi connectivity index (χ0v) is 10.5. The van der Waals surface area contributed by atoms with E-state index >= 15 is 0 Å². The summed E-state index contributed by atoms with van der Waals surface area (Å²) in [6, 6.07) is 0.468. The van der Waals surface area contributed by atoms with Crippen molar-refractivity contribution in [1.82, 2.24) is 10.2 Å². The molecule has 16 heavy (non-hydrogen) atoms. The molecule has 1 rings (SSSR count). The van der Waals surface area contributed by atoms with Gasteiger partial charge in [-0.05, 0) is 32.7 Å². The van der Waals surface area contributed by atoms with Gasteiger partial charge in [-0.3, -0.25) is 4.79 Å². The smallest absolute Gasteiger partial charge is 0.226 e.